The lowest BCUT2D eigenvalue weighted by Crippen LogP contribution is -1.94. The highest BCUT2D eigenvalue weighted by molar-refractivity contribution is 6.31. The van der Waals surface area contributed by atoms with Gasteiger partial charge >= 0.3 is 0 Å². The minimum Gasteiger partial charge on any atom is -0.411 e. The van der Waals surface area contributed by atoms with Gasteiger partial charge in [0.15, 0.2) is 5.82 Å². The molecule has 1 rings (SSSR count). The lowest BCUT2D eigenvalue weighted by molar-refractivity contribution is 0.321. The minimum absolute atomic E-state index is 0.216. The van der Waals surface area contributed by atoms with E-state index in [9.17, 15) is 8.78 Å². The second kappa shape index (κ2) is 3.49. The van der Waals surface area contributed by atoms with Crippen LogP contribution < -0.4 is 0 Å². The Bertz CT molecular complexity index is 327. The number of halogens is 3. The average Bonchev–Trinajstić information content (AvgIpc) is 2.06. The fourth-order valence-electron chi connectivity index (χ4n) is 0.719. The standard InChI is InChI=1S/C7H4ClF2NO/c8-5-1-2-6(9)4(3-11-12)7(5)10/h1-3,12H/b11-3+. The van der Waals surface area contributed by atoms with Crippen molar-refractivity contribution in [1.82, 2.24) is 0 Å². The highest BCUT2D eigenvalue weighted by Gasteiger charge is 2.09. The molecule has 64 valence electrons. The first-order valence-corrected chi connectivity index (χ1v) is 3.35. The summed E-state index contributed by atoms with van der Waals surface area (Å²) in [5.41, 5.74) is -0.454. The Labute approximate surface area is 72.1 Å². The first-order valence-electron chi connectivity index (χ1n) is 2.97. The molecule has 0 aliphatic carbocycles. The van der Waals surface area contributed by atoms with Crippen LogP contribution in [-0.4, -0.2) is 11.4 Å². The Balaban J connectivity index is 3.32. The Morgan fingerprint density at radius 2 is 2.08 bits per heavy atom. The molecule has 2 nitrogen and oxygen atoms in total. The van der Waals surface area contributed by atoms with E-state index in [0.717, 1.165) is 12.1 Å². The van der Waals surface area contributed by atoms with Crippen molar-refractivity contribution in [3.05, 3.63) is 34.4 Å². The van der Waals surface area contributed by atoms with E-state index in [2.05, 4.69) is 5.16 Å². The second-order valence-corrected chi connectivity index (χ2v) is 2.41. The SMILES string of the molecule is O/N=C/c1c(F)ccc(Cl)c1F. The molecule has 0 saturated heterocycles. The second-order valence-electron chi connectivity index (χ2n) is 2.00. The molecule has 0 heterocycles. The fourth-order valence-corrected chi connectivity index (χ4v) is 0.884. The normalized spacial score (nSPS) is 10.9. The third-order valence-corrected chi connectivity index (χ3v) is 1.56. The van der Waals surface area contributed by atoms with Gasteiger partial charge in [0.05, 0.1) is 16.8 Å². The van der Waals surface area contributed by atoms with Crippen LogP contribution in [0.3, 0.4) is 0 Å². The number of hydrogen-bond donors (Lipinski definition) is 1. The van der Waals surface area contributed by atoms with Gasteiger partial charge in [-0.15, -0.1) is 0 Å². The topological polar surface area (TPSA) is 32.6 Å². The summed E-state index contributed by atoms with van der Waals surface area (Å²) in [4.78, 5) is 0. The Kier molecular flexibility index (Phi) is 2.60. The number of oxime groups is 1. The van der Waals surface area contributed by atoms with Crippen molar-refractivity contribution in [2.75, 3.05) is 0 Å². The van der Waals surface area contributed by atoms with Crippen molar-refractivity contribution in [1.29, 1.82) is 0 Å². The molecule has 0 saturated carbocycles. The smallest absolute Gasteiger partial charge is 0.153 e. The van der Waals surface area contributed by atoms with E-state index in [4.69, 9.17) is 16.8 Å². The van der Waals surface area contributed by atoms with Crippen LogP contribution in [0.2, 0.25) is 5.02 Å². The summed E-state index contributed by atoms with van der Waals surface area (Å²) < 4.78 is 25.6. The molecule has 0 aromatic heterocycles. The number of rotatable bonds is 1. The van der Waals surface area contributed by atoms with Crippen molar-refractivity contribution >= 4 is 17.8 Å². The first-order chi connectivity index (χ1) is 5.66. The molecular weight excluding hydrogens is 188 g/mol. The van der Waals surface area contributed by atoms with Crippen LogP contribution in [-0.2, 0) is 0 Å². The molecule has 0 aliphatic heterocycles. The molecule has 0 atom stereocenters. The predicted molar refractivity (Wildman–Crippen MR) is 40.7 cm³/mol. The van der Waals surface area contributed by atoms with Crippen LogP contribution in [0.1, 0.15) is 5.56 Å². The van der Waals surface area contributed by atoms with E-state index in [1.807, 2.05) is 0 Å². The van der Waals surface area contributed by atoms with E-state index >= 15 is 0 Å². The number of nitrogens with zero attached hydrogens (tertiary/aromatic N) is 1. The van der Waals surface area contributed by atoms with Crippen LogP contribution in [0.4, 0.5) is 8.78 Å². The summed E-state index contributed by atoms with van der Waals surface area (Å²) in [6, 6.07) is 2.07. The Morgan fingerprint density at radius 3 is 2.67 bits per heavy atom. The van der Waals surface area contributed by atoms with Gasteiger partial charge < -0.3 is 5.21 Å². The van der Waals surface area contributed by atoms with Gasteiger partial charge in [0.25, 0.3) is 0 Å². The molecule has 0 spiro atoms. The van der Waals surface area contributed by atoms with Crippen LogP contribution >= 0.6 is 11.6 Å². The maximum atomic E-state index is 12.9. The maximum Gasteiger partial charge on any atom is 0.153 e. The van der Waals surface area contributed by atoms with E-state index in [1.165, 1.54) is 0 Å². The van der Waals surface area contributed by atoms with Crippen molar-refractivity contribution < 1.29 is 14.0 Å². The van der Waals surface area contributed by atoms with Gasteiger partial charge in [0, 0.05) is 0 Å². The van der Waals surface area contributed by atoms with Crippen LogP contribution in [0.5, 0.6) is 0 Å². The zero-order valence-corrected chi connectivity index (χ0v) is 6.52. The van der Waals surface area contributed by atoms with Gasteiger partial charge in [-0.1, -0.05) is 16.8 Å². The van der Waals surface area contributed by atoms with E-state index < -0.39 is 17.2 Å². The van der Waals surface area contributed by atoms with Gasteiger partial charge in [-0.25, -0.2) is 8.78 Å². The lowest BCUT2D eigenvalue weighted by Gasteiger charge is -1.98. The lowest BCUT2D eigenvalue weighted by atomic mass is 10.2. The molecule has 0 unspecified atom stereocenters. The maximum absolute atomic E-state index is 12.9. The summed E-state index contributed by atoms with van der Waals surface area (Å²) in [6.07, 6.45) is 0.649. The van der Waals surface area contributed by atoms with Gasteiger partial charge in [-0.3, -0.25) is 0 Å². The van der Waals surface area contributed by atoms with Crippen molar-refractivity contribution in [2.45, 2.75) is 0 Å². The third kappa shape index (κ3) is 1.53. The molecular formula is C7H4ClF2NO. The molecule has 1 N–H and O–H groups in total. The molecule has 12 heavy (non-hydrogen) atoms. The molecule has 1 aromatic rings. The number of hydrogen-bond acceptors (Lipinski definition) is 2. The van der Waals surface area contributed by atoms with Gasteiger partial charge in [-0.2, -0.15) is 0 Å². The Morgan fingerprint density at radius 1 is 1.42 bits per heavy atom. The highest BCUT2D eigenvalue weighted by Crippen LogP contribution is 2.19. The van der Waals surface area contributed by atoms with E-state index in [-0.39, 0.29) is 5.02 Å². The van der Waals surface area contributed by atoms with E-state index in [0.29, 0.717) is 6.21 Å². The molecule has 0 bridgehead atoms. The monoisotopic (exact) mass is 191 g/mol. The summed E-state index contributed by atoms with van der Waals surface area (Å²) in [5, 5.41) is 10.3. The van der Waals surface area contributed by atoms with Crippen molar-refractivity contribution in [3.63, 3.8) is 0 Å². The highest BCUT2D eigenvalue weighted by atomic mass is 35.5. The molecule has 5 heteroatoms. The largest absolute Gasteiger partial charge is 0.411 e. The van der Waals surface area contributed by atoms with Gasteiger partial charge in [0.1, 0.15) is 5.82 Å². The summed E-state index contributed by atoms with van der Waals surface area (Å²) >= 11 is 5.34. The summed E-state index contributed by atoms with van der Waals surface area (Å²) in [5.74, 6) is -1.76. The van der Waals surface area contributed by atoms with Crippen LogP contribution in [0.15, 0.2) is 17.3 Å². The third-order valence-electron chi connectivity index (χ3n) is 1.27. The zero-order valence-electron chi connectivity index (χ0n) is 5.76. The van der Waals surface area contributed by atoms with Gasteiger partial charge in [-0.05, 0) is 12.1 Å². The molecule has 0 radical (unpaired) electrons. The zero-order chi connectivity index (χ0) is 9.14. The van der Waals surface area contributed by atoms with Gasteiger partial charge in [0.2, 0.25) is 0 Å². The average molecular weight is 192 g/mol. The minimum atomic E-state index is -0.936. The molecule has 1 aromatic carbocycles. The quantitative estimate of drug-likeness (QED) is 0.314. The predicted octanol–water partition coefficient (Wildman–Crippen LogP) is 2.43. The van der Waals surface area contributed by atoms with Crippen LogP contribution in [0.25, 0.3) is 0 Å². The Hall–Kier alpha value is -1.16. The van der Waals surface area contributed by atoms with Crippen molar-refractivity contribution in [2.24, 2.45) is 5.16 Å². The number of benzene rings is 1. The van der Waals surface area contributed by atoms with E-state index in [1.54, 1.807) is 0 Å². The summed E-state index contributed by atoms with van der Waals surface area (Å²) in [7, 11) is 0. The first kappa shape index (κ1) is 8.93. The fraction of sp³-hybridized carbons (Fsp3) is 0. The molecule has 0 aliphatic rings. The molecule has 0 fully saturated rings. The van der Waals surface area contributed by atoms with Crippen LogP contribution in [0, 0.1) is 11.6 Å². The summed E-state index contributed by atoms with van der Waals surface area (Å²) in [6.45, 7) is 0. The van der Waals surface area contributed by atoms with Crippen molar-refractivity contribution in [3.8, 4) is 0 Å². The molecule has 0 amide bonds.